The molecule has 0 saturated carbocycles. The molecule has 0 aliphatic heterocycles. The van der Waals surface area contributed by atoms with E-state index in [2.05, 4.69) is 5.32 Å². The highest BCUT2D eigenvalue weighted by atomic mass is 16.4. The van der Waals surface area contributed by atoms with Crippen LogP contribution in [0.15, 0.2) is 24.3 Å². The third-order valence-electron chi connectivity index (χ3n) is 2.56. The van der Waals surface area contributed by atoms with Crippen molar-refractivity contribution >= 4 is 23.3 Å². The van der Waals surface area contributed by atoms with Gasteiger partial charge in [0.2, 0.25) is 5.91 Å². The Labute approximate surface area is 110 Å². The van der Waals surface area contributed by atoms with Gasteiger partial charge in [-0.1, -0.05) is 0 Å². The largest absolute Gasteiger partial charge is 0.481 e. The second-order valence-corrected chi connectivity index (χ2v) is 4.16. The van der Waals surface area contributed by atoms with Crippen molar-refractivity contribution in [2.45, 2.75) is 25.8 Å². The number of hydrogen-bond donors (Lipinski definition) is 3. The lowest BCUT2D eigenvalue weighted by molar-refractivity contribution is -0.137. The number of hydrogen-bond acceptors (Lipinski definition) is 4. The lowest BCUT2D eigenvalue weighted by Crippen LogP contribution is -2.36. The molecule has 0 aromatic heterocycles. The van der Waals surface area contributed by atoms with Gasteiger partial charge in [-0.2, -0.15) is 0 Å². The second kappa shape index (κ2) is 6.65. The van der Waals surface area contributed by atoms with E-state index in [1.807, 2.05) is 0 Å². The molecule has 1 unspecified atom stereocenters. The maximum Gasteiger partial charge on any atom is 0.303 e. The molecule has 0 saturated heterocycles. The van der Waals surface area contributed by atoms with Gasteiger partial charge in [0, 0.05) is 17.7 Å². The number of carboxylic acids is 1. The molecule has 1 aromatic carbocycles. The van der Waals surface area contributed by atoms with Gasteiger partial charge in [0.15, 0.2) is 5.78 Å². The zero-order valence-corrected chi connectivity index (χ0v) is 10.6. The number of ketones is 1. The summed E-state index contributed by atoms with van der Waals surface area (Å²) < 4.78 is 0. The van der Waals surface area contributed by atoms with Crippen LogP contribution < -0.4 is 11.1 Å². The van der Waals surface area contributed by atoms with Gasteiger partial charge < -0.3 is 16.2 Å². The second-order valence-electron chi connectivity index (χ2n) is 4.16. The Hall–Kier alpha value is -2.21. The van der Waals surface area contributed by atoms with Crippen molar-refractivity contribution in [2.75, 3.05) is 5.32 Å². The fraction of sp³-hybridized carbons (Fsp3) is 0.308. The number of anilines is 1. The van der Waals surface area contributed by atoms with Crippen LogP contribution in [-0.4, -0.2) is 28.8 Å². The molecule has 0 spiro atoms. The van der Waals surface area contributed by atoms with Crippen molar-refractivity contribution in [1.29, 1.82) is 0 Å². The number of amides is 1. The molecule has 4 N–H and O–H groups in total. The van der Waals surface area contributed by atoms with Crippen LogP contribution in [-0.2, 0) is 9.59 Å². The van der Waals surface area contributed by atoms with Crippen LogP contribution in [0.5, 0.6) is 0 Å². The third kappa shape index (κ3) is 4.89. The van der Waals surface area contributed by atoms with Crippen molar-refractivity contribution < 1.29 is 19.5 Å². The van der Waals surface area contributed by atoms with Gasteiger partial charge in [0.05, 0.1) is 6.04 Å². The average molecular weight is 264 g/mol. The maximum absolute atomic E-state index is 11.6. The maximum atomic E-state index is 11.6. The lowest BCUT2D eigenvalue weighted by Gasteiger charge is -2.11. The highest BCUT2D eigenvalue weighted by Crippen LogP contribution is 2.10. The Kier molecular flexibility index (Phi) is 5.20. The molecule has 0 aliphatic rings. The highest BCUT2D eigenvalue weighted by Gasteiger charge is 2.15. The first-order chi connectivity index (χ1) is 8.90. The van der Waals surface area contributed by atoms with E-state index in [1.54, 1.807) is 24.3 Å². The number of carbonyl (C=O) groups excluding carboxylic acids is 2. The zero-order valence-electron chi connectivity index (χ0n) is 10.6. The molecule has 102 valence electrons. The quantitative estimate of drug-likeness (QED) is 0.664. The molecule has 6 nitrogen and oxygen atoms in total. The minimum Gasteiger partial charge on any atom is -0.481 e. The minimum atomic E-state index is -0.992. The van der Waals surface area contributed by atoms with Crippen molar-refractivity contribution in [3.8, 4) is 0 Å². The zero-order chi connectivity index (χ0) is 14.4. The number of benzene rings is 1. The molecule has 0 fully saturated rings. The summed E-state index contributed by atoms with van der Waals surface area (Å²) in [5, 5.41) is 11.1. The van der Waals surface area contributed by atoms with Gasteiger partial charge in [-0.25, -0.2) is 0 Å². The van der Waals surface area contributed by atoms with Crippen LogP contribution in [0.1, 0.15) is 30.1 Å². The SMILES string of the molecule is CC(=O)c1ccc(NC(=O)C(N)CCC(=O)O)cc1. The summed E-state index contributed by atoms with van der Waals surface area (Å²) in [6.07, 6.45) is -0.0788. The van der Waals surface area contributed by atoms with Gasteiger partial charge in [0.25, 0.3) is 0 Å². The monoisotopic (exact) mass is 264 g/mol. The van der Waals surface area contributed by atoms with Gasteiger partial charge in [-0.05, 0) is 37.6 Å². The first-order valence-corrected chi connectivity index (χ1v) is 5.79. The topological polar surface area (TPSA) is 109 Å². The molecule has 0 heterocycles. The standard InChI is InChI=1S/C13H16N2O4/c1-8(16)9-2-4-10(5-3-9)15-13(19)11(14)6-7-12(17)18/h2-5,11H,6-7,14H2,1H3,(H,15,19)(H,17,18). The van der Waals surface area contributed by atoms with Crippen molar-refractivity contribution in [2.24, 2.45) is 5.73 Å². The van der Waals surface area contributed by atoms with Gasteiger partial charge in [-0.3, -0.25) is 14.4 Å². The van der Waals surface area contributed by atoms with E-state index in [-0.39, 0.29) is 18.6 Å². The number of carbonyl (C=O) groups is 3. The van der Waals surface area contributed by atoms with Crippen LogP contribution in [0, 0.1) is 0 Å². The van der Waals surface area contributed by atoms with E-state index in [0.29, 0.717) is 11.3 Å². The summed E-state index contributed by atoms with van der Waals surface area (Å²) in [7, 11) is 0. The molecule has 0 bridgehead atoms. The van der Waals surface area contributed by atoms with E-state index >= 15 is 0 Å². The number of carboxylic acid groups (broad SMARTS) is 1. The fourth-order valence-corrected chi connectivity index (χ4v) is 1.43. The van der Waals surface area contributed by atoms with Crippen molar-refractivity contribution in [3.63, 3.8) is 0 Å². The summed E-state index contributed by atoms with van der Waals surface area (Å²) in [5.74, 6) is -1.50. The summed E-state index contributed by atoms with van der Waals surface area (Å²) in [6.45, 7) is 1.45. The van der Waals surface area contributed by atoms with Crippen LogP contribution in [0.3, 0.4) is 0 Å². The summed E-state index contributed by atoms with van der Waals surface area (Å²) in [6, 6.07) is 5.52. The van der Waals surface area contributed by atoms with E-state index < -0.39 is 17.9 Å². The molecule has 1 amide bonds. The Morgan fingerprint density at radius 3 is 2.32 bits per heavy atom. The summed E-state index contributed by atoms with van der Waals surface area (Å²) in [5.41, 5.74) is 6.63. The Morgan fingerprint density at radius 2 is 1.84 bits per heavy atom. The van der Waals surface area contributed by atoms with Crippen LogP contribution in [0.25, 0.3) is 0 Å². The summed E-state index contributed by atoms with van der Waals surface area (Å²) >= 11 is 0. The summed E-state index contributed by atoms with van der Waals surface area (Å²) in [4.78, 5) is 33.1. The lowest BCUT2D eigenvalue weighted by atomic mass is 10.1. The van der Waals surface area contributed by atoms with Gasteiger partial charge in [-0.15, -0.1) is 0 Å². The number of rotatable bonds is 6. The number of aliphatic carboxylic acids is 1. The van der Waals surface area contributed by atoms with Crippen LogP contribution in [0.4, 0.5) is 5.69 Å². The van der Waals surface area contributed by atoms with E-state index in [9.17, 15) is 14.4 Å². The van der Waals surface area contributed by atoms with E-state index in [1.165, 1.54) is 6.92 Å². The predicted molar refractivity (Wildman–Crippen MR) is 69.9 cm³/mol. The minimum absolute atomic E-state index is 0.0592. The highest BCUT2D eigenvalue weighted by molar-refractivity contribution is 5.97. The molecule has 1 atom stereocenters. The van der Waals surface area contributed by atoms with Crippen molar-refractivity contribution in [3.05, 3.63) is 29.8 Å². The molecule has 0 aliphatic carbocycles. The fourth-order valence-electron chi connectivity index (χ4n) is 1.43. The molecular weight excluding hydrogens is 248 g/mol. The predicted octanol–water partition coefficient (Wildman–Crippen LogP) is 1.02. The molecule has 6 heteroatoms. The number of nitrogens with one attached hydrogen (secondary N) is 1. The number of Topliss-reactive ketones (excluding diaryl/α,β-unsaturated/α-hetero) is 1. The Morgan fingerprint density at radius 1 is 1.26 bits per heavy atom. The average Bonchev–Trinajstić information content (AvgIpc) is 2.36. The van der Waals surface area contributed by atoms with Gasteiger partial charge >= 0.3 is 5.97 Å². The smallest absolute Gasteiger partial charge is 0.303 e. The molecule has 19 heavy (non-hydrogen) atoms. The van der Waals surface area contributed by atoms with Gasteiger partial charge in [0.1, 0.15) is 0 Å². The molecule has 0 radical (unpaired) electrons. The normalized spacial score (nSPS) is 11.7. The molecular formula is C13H16N2O4. The first-order valence-electron chi connectivity index (χ1n) is 5.79. The molecule has 1 rings (SSSR count). The Balaban J connectivity index is 2.56. The van der Waals surface area contributed by atoms with E-state index in [4.69, 9.17) is 10.8 Å². The number of nitrogens with two attached hydrogens (primary N) is 1. The molecule has 1 aromatic rings. The van der Waals surface area contributed by atoms with E-state index in [0.717, 1.165) is 0 Å². The third-order valence-corrected chi connectivity index (χ3v) is 2.56. The first kappa shape index (κ1) is 14.8. The van der Waals surface area contributed by atoms with Crippen LogP contribution >= 0.6 is 0 Å². The van der Waals surface area contributed by atoms with Crippen molar-refractivity contribution in [1.82, 2.24) is 0 Å². The Bertz CT molecular complexity index is 482. The van der Waals surface area contributed by atoms with Crippen LogP contribution in [0.2, 0.25) is 0 Å².